The van der Waals surface area contributed by atoms with Crippen molar-refractivity contribution < 1.29 is 19.1 Å². The van der Waals surface area contributed by atoms with Gasteiger partial charge in [-0.15, -0.1) is 0 Å². The van der Waals surface area contributed by atoms with E-state index in [-0.39, 0.29) is 5.76 Å². The number of hydrogen-bond donors (Lipinski definition) is 2. The monoisotopic (exact) mass is 288 g/mol. The van der Waals surface area contributed by atoms with Gasteiger partial charge in [0, 0.05) is 0 Å². The number of nitrogens with zero attached hydrogens (tertiary/aromatic N) is 1. The summed E-state index contributed by atoms with van der Waals surface area (Å²) in [5.74, 6) is -1.72. The highest BCUT2D eigenvalue weighted by Gasteiger charge is 2.25. The Bertz CT molecular complexity index is 670. The first-order valence-electron chi connectivity index (χ1n) is 6.40. The highest BCUT2D eigenvalue weighted by molar-refractivity contribution is 5.95. The van der Waals surface area contributed by atoms with Gasteiger partial charge in [-0.1, -0.05) is 29.3 Å². The van der Waals surface area contributed by atoms with E-state index in [0.29, 0.717) is 11.3 Å². The first kappa shape index (κ1) is 14.8. The van der Waals surface area contributed by atoms with Gasteiger partial charge in [-0.2, -0.15) is 0 Å². The summed E-state index contributed by atoms with van der Waals surface area (Å²) >= 11 is 0. The predicted octanol–water partition coefficient (Wildman–Crippen LogP) is 2.16. The van der Waals surface area contributed by atoms with E-state index in [4.69, 9.17) is 4.42 Å². The van der Waals surface area contributed by atoms with E-state index in [1.54, 1.807) is 19.1 Å². The molecule has 6 nitrogen and oxygen atoms in total. The fourth-order valence-corrected chi connectivity index (χ4v) is 2.18. The van der Waals surface area contributed by atoms with Crippen molar-refractivity contribution in [1.82, 2.24) is 10.3 Å². The zero-order valence-electron chi connectivity index (χ0n) is 12.0. The molecule has 1 amide bonds. The number of carbonyl (C=O) groups excluding carboxylic acids is 1. The standard InChI is InChI=1S/C15H16N2O4/c1-8-4-9(2)6-11(5-8)12(15(19)20)17-14(18)13-10(3)16-7-21-13/h4-7,12H,1-3H3,(H,17,18)(H,19,20). The van der Waals surface area contributed by atoms with Crippen molar-refractivity contribution in [3.8, 4) is 0 Å². The van der Waals surface area contributed by atoms with Crippen LogP contribution in [0, 0.1) is 20.8 Å². The van der Waals surface area contributed by atoms with Crippen LogP contribution in [0.2, 0.25) is 0 Å². The van der Waals surface area contributed by atoms with E-state index in [1.165, 1.54) is 0 Å². The van der Waals surface area contributed by atoms with Crippen LogP contribution < -0.4 is 5.32 Å². The number of aromatic nitrogens is 1. The molecule has 6 heteroatoms. The Morgan fingerprint density at radius 1 is 1.19 bits per heavy atom. The van der Waals surface area contributed by atoms with Gasteiger partial charge in [0.25, 0.3) is 5.91 Å². The van der Waals surface area contributed by atoms with Crippen molar-refractivity contribution in [2.24, 2.45) is 0 Å². The topological polar surface area (TPSA) is 92.4 Å². The zero-order chi connectivity index (χ0) is 15.6. The summed E-state index contributed by atoms with van der Waals surface area (Å²) in [5, 5.41) is 11.8. The van der Waals surface area contributed by atoms with Crippen LogP contribution in [0.15, 0.2) is 29.0 Å². The summed E-state index contributed by atoms with van der Waals surface area (Å²) in [7, 11) is 0. The average Bonchev–Trinajstić information content (AvgIpc) is 2.80. The number of amides is 1. The SMILES string of the molecule is Cc1cc(C)cc(C(NC(=O)c2ocnc2C)C(=O)O)c1. The zero-order valence-corrected chi connectivity index (χ0v) is 12.0. The van der Waals surface area contributed by atoms with Crippen molar-refractivity contribution in [2.45, 2.75) is 26.8 Å². The molecule has 0 aliphatic carbocycles. The normalized spacial score (nSPS) is 12.0. The molecule has 0 spiro atoms. The molecule has 0 aliphatic rings. The Balaban J connectivity index is 2.30. The van der Waals surface area contributed by atoms with Crippen molar-refractivity contribution in [3.05, 3.63) is 52.7 Å². The molecule has 1 aromatic heterocycles. The minimum absolute atomic E-state index is 0.0191. The maximum absolute atomic E-state index is 12.1. The lowest BCUT2D eigenvalue weighted by atomic mass is 10.0. The Morgan fingerprint density at radius 2 is 1.81 bits per heavy atom. The van der Waals surface area contributed by atoms with Crippen LogP contribution in [0.3, 0.4) is 0 Å². The maximum atomic E-state index is 12.1. The van der Waals surface area contributed by atoms with E-state index in [9.17, 15) is 14.7 Å². The number of carboxylic acid groups (broad SMARTS) is 1. The molecule has 2 aromatic rings. The molecular formula is C15H16N2O4. The van der Waals surface area contributed by atoms with Gasteiger partial charge >= 0.3 is 5.97 Å². The quantitative estimate of drug-likeness (QED) is 0.899. The summed E-state index contributed by atoms with van der Waals surface area (Å²) in [4.78, 5) is 27.3. The van der Waals surface area contributed by atoms with E-state index < -0.39 is 17.9 Å². The molecule has 0 aliphatic heterocycles. The van der Waals surface area contributed by atoms with Gasteiger partial charge in [0.15, 0.2) is 12.4 Å². The molecule has 1 heterocycles. The highest BCUT2D eigenvalue weighted by atomic mass is 16.4. The van der Waals surface area contributed by atoms with E-state index >= 15 is 0 Å². The van der Waals surface area contributed by atoms with E-state index in [0.717, 1.165) is 17.5 Å². The molecule has 0 radical (unpaired) electrons. The molecular weight excluding hydrogens is 272 g/mol. The van der Waals surface area contributed by atoms with Gasteiger partial charge in [0.05, 0.1) is 5.69 Å². The molecule has 1 atom stereocenters. The summed E-state index contributed by atoms with van der Waals surface area (Å²) in [6, 6.07) is 4.27. The number of aliphatic carboxylic acids is 1. The Labute approximate surface area is 121 Å². The number of rotatable bonds is 4. The fraction of sp³-hybridized carbons (Fsp3) is 0.267. The Kier molecular flexibility index (Phi) is 4.07. The molecule has 2 rings (SSSR count). The molecule has 0 fully saturated rings. The van der Waals surface area contributed by atoms with Gasteiger partial charge in [-0.05, 0) is 26.3 Å². The Hall–Kier alpha value is -2.63. The van der Waals surface area contributed by atoms with Crippen LogP contribution in [0.25, 0.3) is 0 Å². The second-order valence-electron chi connectivity index (χ2n) is 4.93. The Morgan fingerprint density at radius 3 is 2.29 bits per heavy atom. The van der Waals surface area contributed by atoms with E-state index in [2.05, 4.69) is 10.3 Å². The van der Waals surface area contributed by atoms with Gasteiger partial charge < -0.3 is 14.8 Å². The van der Waals surface area contributed by atoms with Crippen LogP contribution in [0.5, 0.6) is 0 Å². The third kappa shape index (κ3) is 3.28. The van der Waals surface area contributed by atoms with Crippen molar-refractivity contribution >= 4 is 11.9 Å². The number of nitrogens with one attached hydrogen (secondary N) is 1. The van der Waals surface area contributed by atoms with Crippen LogP contribution >= 0.6 is 0 Å². The number of hydrogen-bond acceptors (Lipinski definition) is 4. The van der Waals surface area contributed by atoms with Crippen molar-refractivity contribution in [1.29, 1.82) is 0 Å². The van der Waals surface area contributed by atoms with Crippen LogP contribution in [-0.4, -0.2) is 22.0 Å². The molecule has 110 valence electrons. The smallest absolute Gasteiger partial charge is 0.330 e. The predicted molar refractivity (Wildman–Crippen MR) is 75.0 cm³/mol. The number of oxazole rings is 1. The maximum Gasteiger partial charge on any atom is 0.330 e. The van der Waals surface area contributed by atoms with Gasteiger partial charge in [-0.3, -0.25) is 4.79 Å². The molecule has 1 aromatic carbocycles. The second-order valence-corrected chi connectivity index (χ2v) is 4.93. The molecule has 2 N–H and O–H groups in total. The first-order valence-corrected chi connectivity index (χ1v) is 6.40. The number of carbonyl (C=O) groups is 2. The van der Waals surface area contributed by atoms with Crippen LogP contribution in [0.4, 0.5) is 0 Å². The lowest BCUT2D eigenvalue weighted by Gasteiger charge is -2.15. The molecule has 0 saturated carbocycles. The minimum atomic E-state index is -1.14. The van der Waals surface area contributed by atoms with E-state index in [1.807, 2.05) is 19.9 Å². The van der Waals surface area contributed by atoms with Gasteiger partial charge in [-0.25, -0.2) is 9.78 Å². The fourth-order valence-electron chi connectivity index (χ4n) is 2.18. The number of aryl methyl sites for hydroxylation is 3. The third-order valence-electron chi connectivity index (χ3n) is 3.05. The van der Waals surface area contributed by atoms with Gasteiger partial charge in [0.1, 0.15) is 0 Å². The summed E-state index contributed by atoms with van der Waals surface area (Å²) in [6.07, 6.45) is 1.15. The lowest BCUT2D eigenvalue weighted by molar-refractivity contribution is -0.139. The largest absolute Gasteiger partial charge is 0.479 e. The summed E-state index contributed by atoms with van der Waals surface area (Å²) < 4.78 is 4.97. The van der Waals surface area contributed by atoms with Crippen molar-refractivity contribution in [2.75, 3.05) is 0 Å². The summed E-state index contributed by atoms with van der Waals surface area (Å²) in [5.41, 5.74) is 2.80. The average molecular weight is 288 g/mol. The number of benzene rings is 1. The second kappa shape index (κ2) is 5.78. The highest BCUT2D eigenvalue weighted by Crippen LogP contribution is 2.18. The van der Waals surface area contributed by atoms with Crippen molar-refractivity contribution in [3.63, 3.8) is 0 Å². The lowest BCUT2D eigenvalue weighted by Crippen LogP contribution is -2.34. The number of carboxylic acids is 1. The third-order valence-corrected chi connectivity index (χ3v) is 3.05. The van der Waals surface area contributed by atoms with Crippen LogP contribution in [0.1, 0.15) is 39.0 Å². The molecule has 0 saturated heterocycles. The molecule has 0 bridgehead atoms. The summed E-state index contributed by atoms with van der Waals surface area (Å²) in [6.45, 7) is 5.36. The van der Waals surface area contributed by atoms with Crippen LogP contribution in [-0.2, 0) is 4.79 Å². The first-order chi connectivity index (χ1) is 9.88. The minimum Gasteiger partial charge on any atom is -0.479 e. The molecule has 1 unspecified atom stereocenters. The molecule has 21 heavy (non-hydrogen) atoms. The van der Waals surface area contributed by atoms with Gasteiger partial charge in [0.2, 0.25) is 5.76 Å².